The van der Waals surface area contributed by atoms with Gasteiger partial charge < -0.3 is 5.73 Å². The summed E-state index contributed by atoms with van der Waals surface area (Å²) in [5.74, 6) is 0.350. The second-order valence-electron chi connectivity index (χ2n) is 4.26. The van der Waals surface area contributed by atoms with Crippen molar-refractivity contribution in [1.82, 2.24) is 15.0 Å². The molecule has 2 N–H and O–H groups in total. The van der Waals surface area contributed by atoms with Crippen LogP contribution in [0.4, 0.5) is 10.3 Å². The molecule has 0 saturated heterocycles. The van der Waals surface area contributed by atoms with Crippen molar-refractivity contribution in [2.24, 2.45) is 0 Å². The number of hydrogen-bond acceptors (Lipinski definition) is 5. The van der Waals surface area contributed by atoms with E-state index in [2.05, 4.69) is 27.6 Å². The molecule has 0 unspecified atom stereocenters. The van der Waals surface area contributed by atoms with Gasteiger partial charge in [0.2, 0.25) is 5.95 Å². The Kier molecular flexibility index (Phi) is 3.23. The molecule has 0 radical (unpaired) electrons. The van der Waals surface area contributed by atoms with E-state index in [1.54, 1.807) is 12.1 Å². The normalized spacial score (nSPS) is 10.9. The predicted molar refractivity (Wildman–Crippen MR) is 79.8 cm³/mol. The van der Waals surface area contributed by atoms with E-state index in [1.165, 1.54) is 12.1 Å². The number of nitrogen functional groups attached to an aromatic ring is 1. The number of nitrogens with zero attached hydrogens (tertiary/aromatic N) is 3. The maximum absolute atomic E-state index is 13.0. The molecule has 0 bridgehead atoms. The molecule has 0 aliphatic heterocycles. The smallest absolute Gasteiger partial charge is 0.220 e. The first-order valence-electron chi connectivity index (χ1n) is 5.97. The number of hydrogen-bond donors (Lipinski definition) is 2. The van der Waals surface area contributed by atoms with Crippen LogP contribution < -0.4 is 5.73 Å². The molecule has 3 rings (SSSR count). The predicted octanol–water partition coefficient (Wildman–Crippen LogP) is 2.84. The number of benzene rings is 1. The highest BCUT2D eigenvalue weighted by molar-refractivity contribution is 7.79. The standard InChI is InChI=1S/C14H11FN4S/c15-9-3-1-8(2-4-9)10-5-6-11-13(17-10)12(7-20)19-14(16)18-11/h1-6,20H,7H2,(H2,16,18,19). The number of aromatic nitrogens is 3. The van der Waals surface area contributed by atoms with Gasteiger partial charge in [-0.05, 0) is 36.4 Å². The molecule has 6 heteroatoms. The lowest BCUT2D eigenvalue weighted by Gasteiger charge is -2.06. The third kappa shape index (κ3) is 2.30. The van der Waals surface area contributed by atoms with E-state index >= 15 is 0 Å². The molecular formula is C14H11FN4S. The van der Waals surface area contributed by atoms with Gasteiger partial charge >= 0.3 is 0 Å². The van der Waals surface area contributed by atoms with E-state index < -0.39 is 0 Å². The Bertz CT molecular complexity index is 774. The van der Waals surface area contributed by atoms with Gasteiger partial charge in [0, 0.05) is 11.3 Å². The molecule has 0 aliphatic carbocycles. The molecule has 2 aromatic heterocycles. The number of fused-ring (bicyclic) bond motifs is 1. The largest absolute Gasteiger partial charge is 0.368 e. The Morgan fingerprint density at radius 3 is 2.45 bits per heavy atom. The average molecular weight is 286 g/mol. The molecule has 3 aromatic rings. The minimum absolute atomic E-state index is 0.206. The fourth-order valence-corrected chi connectivity index (χ4v) is 2.21. The van der Waals surface area contributed by atoms with E-state index in [-0.39, 0.29) is 11.8 Å². The van der Waals surface area contributed by atoms with Gasteiger partial charge in [0.25, 0.3) is 0 Å². The molecule has 0 atom stereocenters. The van der Waals surface area contributed by atoms with Crippen LogP contribution in [0, 0.1) is 5.82 Å². The van der Waals surface area contributed by atoms with Crippen LogP contribution in [0.5, 0.6) is 0 Å². The molecule has 0 amide bonds. The fraction of sp³-hybridized carbons (Fsp3) is 0.0714. The van der Waals surface area contributed by atoms with Crippen molar-refractivity contribution in [1.29, 1.82) is 0 Å². The van der Waals surface area contributed by atoms with Gasteiger partial charge in [-0.25, -0.2) is 19.3 Å². The lowest BCUT2D eigenvalue weighted by atomic mass is 10.1. The van der Waals surface area contributed by atoms with Crippen molar-refractivity contribution in [2.45, 2.75) is 5.75 Å². The van der Waals surface area contributed by atoms with Crippen LogP contribution in [-0.4, -0.2) is 15.0 Å². The lowest BCUT2D eigenvalue weighted by molar-refractivity contribution is 0.628. The molecule has 20 heavy (non-hydrogen) atoms. The van der Waals surface area contributed by atoms with E-state index in [1.807, 2.05) is 12.1 Å². The molecule has 4 nitrogen and oxygen atoms in total. The van der Waals surface area contributed by atoms with E-state index in [4.69, 9.17) is 5.73 Å². The maximum Gasteiger partial charge on any atom is 0.220 e. The summed E-state index contributed by atoms with van der Waals surface area (Å²) in [6.45, 7) is 0. The van der Waals surface area contributed by atoms with Crippen molar-refractivity contribution in [3.05, 3.63) is 47.9 Å². The summed E-state index contributed by atoms with van der Waals surface area (Å²) in [4.78, 5) is 12.8. The highest BCUT2D eigenvalue weighted by atomic mass is 32.1. The van der Waals surface area contributed by atoms with Crippen molar-refractivity contribution in [2.75, 3.05) is 5.73 Å². The van der Waals surface area contributed by atoms with Gasteiger partial charge in [-0.15, -0.1) is 0 Å². The van der Waals surface area contributed by atoms with Crippen molar-refractivity contribution < 1.29 is 4.39 Å². The first-order chi connectivity index (χ1) is 9.67. The number of rotatable bonds is 2. The van der Waals surface area contributed by atoms with Gasteiger partial charge in [0.1, 0.15) is 11.3 Å². The van der Waals surface area contributed by atoms with Gasteiger partial charge in [0.15, 0.2) is 0 Å². The quantitative estimate of drug-likeness (QED) is 0.711. The Balaban J connectivity index is 2.19. The molecule has 0 saturated carbocycles. The molecule has 2 heterocycles. The Labute approximate surface area is 120 Å². The molecule has 100 valence electrons. The Hall–Kier alpha value is -2.21. The van der Waals surface area contributed by atoms with Gasteiger partial charge in [-0.1, -0.05) is 0 Å². The van der Waals surface area contributed by atoms with Crippen LogP contribution in [0.15, 0.2) is 36.4 Å². The highest BCUT2D eigenvalue weighted by Crippen LogP contribution is 2.23. The zero-order valence-electron chi connectivity index (χ0n) is 10.4. The van der Waals surface area contributed by atoms with Crippen LogP contribution in [0.3, 0.4) is 0 Å². The summed E-state index contributed by atoms with van der Waals surface area (Å²) in [6, 6.07) is 9.82. The number of thiol groups is 1. The molecular weight excluding hydrogens is 275 g/mol. The van der Waals surface area contributed by atoms with Crippen LogP contribution in [0.1, 0.15) is 5.69 Å². The van der Waals surface area contributed by atoms with Crippen molar-refractivity contribution >= 4 is 29.6 Å². The third-order valence-corrected chi connectivity index (χ3v) is 3.22. The fourth-order valence-electron chi connectivity index (χ4n) is 1.99. The Morgan fingerprint density at radius 2 is 1.75 bits per heavy atom. The third-order valence-electron chi connectivity index (χ3n) is 2.92. The van der Waals surface area contributed by atoms with Crippen molar-refractivity contribution in [3.8, 4) is 11.3 Å². The first kappa shape index (κ1) is 12.8. The highest BCUT2D eigenvalue weighted by Gasteiger charge is 2.08. The monoisotopic (exact) mass is 286 g/mol. The summed E-state index contributed by atoms with van der Waals surface area (Å²) in [5, 5.41) is 0. The van der Waals surface area contributed by atoms with Crippen molar-refractivity contribution in [3.63, 3.8) is 0 Å². The minimum atomic E-state index is -0.276. The zero-order valence-corrected chi connectivity index (χ0v) is 11.3. The van der Waals surface area contributed by atoms with E-state index in [9.17, 15) is 4.39 Å². The number of anilines is 1. The van der Waals surface area contributed by atoms with E-state index in [0.717, 1.165) is 11.3 Å². The second kappa shape index (κ2) is 5.05. The second-order valence-corrected chi connectivity index (χ2v) is 4.57. The van der Waals surface area contributed by atoms with Crippen LogP contribution >= 0.6 is 12.6 Å². The van der Waals surface area contributed by atoms with E-state index in [0.29, 0.717) is 22.5 Å². The number of halogens is 1. The van der Waals surface area contributed by atoms with Gasteiger partial charge in [-0.2, -0.15) is 12.6 Å². The molecule has 0 spiro atoms. The van der Waals surface area contributed by atoms with Crippen LogP contribution in [0.25, 0.3) is 22.3 Å². The lowest BCUT2D eigenvalue weighted by Crippen LogP contribution is -2.01. The summed E-state index contributed by atoms with van der Waals surface area (Å²) in [5.41, 5.74) is 9.22. The SMILES string of the molecule is Nc1nc(CS)c2nc(-c3ccc(F)cc3)ccc2n1. The summed E-state index contributed by atoms with van der Waals surface area (Å²) >= 11 is 4.23. The van der Waals surface area contributed by atoms with Crippen LogP contribution in [-0.2, 0) is 5.75 Å². The first-order valence-corrected chi connectivity index (χ1v) is 6.60. The summed E-state index contributed by atoms with van der Waals surface area (Å²) in [7, 11) is 0. The maximum atomic E-state index is 13.0. The molecule has 0 aliphatic rings. The minimum Gasteiger partial charge on any atom is -0.368 e. The number of pyridine rings is 1. The van der Waals surface area contributed by atoms with Crippen LogP contribution in [0.2, 0.25) is 0 Å². The van der Waals surface area contributed by atoms with Gasteiger partial charge in [0.05, 0.1) is 16.9 Å². The molecule has 0 fully saturated rings. The van der Waals surface area contributed by atoms with Gasteiger partial charge in [-0.3, -0.25) is 0 Å². The average Bonchev–Trinajstić information content (AvgIpc) is 2.46. The topological polar surface area (TPSA) is 64.7 Å². The summed E-state index contributed by atoms with van der Waals surface area (Å²) < 4.78 is 13.0. The Morgan fingerprint density at radius 1 is 1.00 bits per heavy atom. The summed E-state index contributed by atoms with van der Waals surface area (Å²) in [6.07, 6.45) is 0. The zero-order chi connectivity index (χ0) is 14.1. The molecule has 1 aromatic carbocycles. The number of nitrogens with two attached hydrogens (primary N) is 1.